The average Bonchev–Trinajstić information content (AvgIpc) is 3.73. The van der Waals surface area contributed by atoms with Crippen molar-refractivity contribution < 1.29 is 23.8 Å². The number of carbonyl (C=O) groups is 2. The van der Waals surface area contributed by atoms with E-state index in [0.717, 1.165) is 71.1 Å². The number of hydrogen-bond acceptors (Lipinski definition) is 11. The summed E-state index contributed by atoms with van der Waals surface area (Å²) in [7, 11) is 5.08. The Hall–Kier alpha value is -5.49. The second-order valence-corrected chi connectivity index (χ2v) is 15.1. The normalized spacial score (nSPS) is 16.2. The number of thiazole rings is 1. The third-order valence-corrected chi connectivity index (χ3v) is 11.5. The van der Waals surface area contributed by atoms with E-state index in [-0.39, 0.29) is 29.0 Å². The molecule has 6 rings (SSSR count). The highest BCUT2D eigenvalue weighted by atomic mass is 32.1. The molecule has 4 aromatic rings. The molecule has 56 heavy (non-hydrogen) atoms. The van der Waals surface area contributed by atoms with Gasteiger partial charge in [-0.25, -0.2) is 4.98 Å². The van der Waals surface area contributed by atoms with Crippen molar-refractivity contribution >= 4 is 29.2 Å². The topological polar surface area (TPSA) is 142 Å². The van der Waals surface area contributed by atoms with Crippen LogP contribution in [0.1, 0.15) is 45.8 Å². The number of carbonyl (C=O) groups excluding carboxylic acids is 2. The van der Waals surface area contributed by atoms with Gasteiger partial charge in [0.15, 0.2) is 0 Å². The maximum absolute atomic E-state index is 13.2. The molecule has 2 aromatic carbocycles. The van der Waals surface area contributed by atoms with Crippen LogP contribution in [0.25, 0.3) is 17.2 Å². The molecule has 14 heteroatoms. The van der Waals surface area contributed by atoms with E-state index in [1.807, 2.05) is 68.7 Å². The summed E-state index contributed by atoms with van der Waals surface area (Å²) in [5.41, 5.74) is 6.67. The Labute approximate surface area is 331 Å². The molecule has 0 spiro atoms. The van der Waals surface area contributed by atoms with Gasteiger partial charge in [-0.15, -0.1) is 11.3 Å². The van der Waals surface area contributed by atoms with Crippen LogP contribution in [-0.4, -0.2) is 103 Å². The summed E-state index contributed by atoms with van der Waals surface area (Å²) in [6.45, 7) is 11.0. The molecular formula is C42H49N7O6S. The van der Waals surface area contributed by atoms with Gasteiger partial charge in [-0.05, 0) is 79.8 Å². The number of amides is 2. The molecule has 13 nitrogen and oxygen atoms in total. The second-order valence-electron chi connectivity index (χ2n) is 14.1. The van der Waals surface area contributed by atoms with E-state index in [1.54, 1.807) is 43.0 Å². The van der Waals surface area contributed by atoms with Gasteiger partial charge in [0.25, 0.3) is 11.5 Å². The Kier molecular flexibility index (Phi) is 12.9. The molecule has 4 heterocycles. The Morgan fingerprint density at radius 2 is 1.75 bits per heavy atom. The number of methoxy groups -OCH3 is 2. The van der Waals surface area contributed by atoms with E-state index in [0.29, 0.717) is 55.5 Å². The van der Waals surface area contributed by atoms with Gasteiger partial charge in [0, 0.05) is 75.2 Å². The maximum atomic E-state index is 13.2. The lowest BCUT2D eigenvalue weighted by Gasteiger charge is -2.35. The predicted molar refractivity (Wildman–Crippen MR) is 216 cm³/mol. The molecule has 294 valence electrons. The fraction of sp³-hybridized carbons (Fsp3) is 0.405. The molecule has 2 aromatic heterocycles. The van der Waals surface area contributed by atoms with Gasteiger partial charge in [-0.1, -0.05) is 6.07 Å². The summed E-state index contributed by atoms with van der Waals surface area (Å²) < 4.78 is 19.3. The van der Waals surface area contributed by atoms with Crippen LogP contribution < -0.4 is 25.1 Å². The number of nitriles is 1. The summed E-state index contributed by atoms with van der Waals surface area (Å²) in [4.78, 5) is 48.9. The molecule has 0 saturated carbocycles. The minimum absolute atomic E-state index is 0.00979. The Morgan fingerprint density at radius 3 is 2.41 bits per heavy atom. The molecular weight excluding hydrogens is 731 g/mol. The number of nitrogens with one attached hydrogen (secondary N) is 1. The van der Waals surface area contributed by atoms with Crippen LogP contribution in [0, 0.1) is 25.2 Å². The number of ether oxygens (including phenoxy) is 3. The minimum atomic E-state index is -0.299. The highest BCUT2D eigenvalue weighted by Gasteiger charge is 2.30. The van der Waals surface area contributed by atoms with E-state index in [9.17, 15) is 19.6 Å². The van der Waals surface area contributed by atoms with Crippen LogP contribution in [0.15, 0.2) is 58.5 Å². The quantitative estimate of drug-likeness (QED) is 0.117. The number of piperazine rings is 1. The fourth-order valence-electron chi connectivity index (χ4n) is 7.41. The number of nitrogens with zero attached hydrogens (tertiary/aromatic N) is 6. The van der Waals surface area contributed by atoms with Crippen LogP contribution >= 0.6 is 11.3 Å². The first-order chi connectivity index (χ1) is 27.0. The number of aryl methyl sites for hydroxylation is 1. The molecule has 0 aliphatic carbocycles. The molecule has 0 radical (unpaired) electrons. The van der Waals surface area contributed by atoms with Gasteiger partial charge in [0.1, 0.15) is 40.5 Å². The Balaban J connectivity index is 0.953. The number of aromatic nitrogens is 2. The molecule has 1 saturated heterocycles. The third-order valence-electron chi connectivity index (χ3n) is 10.7. The average molecular weight is 780 g/mol. The molecule has 1 unspecified atom stereocenters. The molecule has 1 atom stereocenters. The smallest absolute Gasteiger partial charge is 0.265 e. The van der Waals surface area contributed by atoms with Gasteiger partial charge in [-0.2, -0.15) is 5.26 Å². The van der Waals surface area contributed by atoms with E-state index in [2.05, 4.69) is 20.1 Å². The third kappa shape index (κ3) is 8.97. The number of rotatable bonds is 13. The molecule has 1 N–H and O–H groups in total. The van der Waals surface area contributed by atoms with E-state index in [1.165, 1.54) is 11.3 Å². The minimum Gasteiger partial charge on any atom is -0.496 e. The predicted octanol–water partition coefficient (Wildman–Crippen LogP) is 4.51. The van der Waals surface area contributed by atoms with Crippen molar-refractivity contribution in [1.29, 1.82) is 5.26 Å². The monoisotopic (exact) mass is 779 g/mol. The maximum Gasteiger partial charge on any atom is 0.265 e. The molecule has 0 bridgehead atoms. The number of pyridine rings is 1. The summed E-state index contributed by atoms with van der Waals surface area (Å²) >= 11 is 1.38. The van der Waals surface area contributed by atoms with Crippen molar-refractivity contribution in [3.05, 3.63) is 96.9 Å². The SMILES string of the molecule is COc1cc(-c2cn(C)c(=O)c(C)c2C)cc(OC)c1CN1CCN(CC(=O)NCCOc2ccc3c(c2)CCN(C(=O)/C(C#N)=C/c2nccs2)C3C)CC1. The van der Waals surface area contributed by atoms with Gasteiger partial charge in [0.2, 0.25) is 5.91 Å². The first-order valence-electron chi connectivity index (χ1n) is 18.7. The van der Waals surface area contributed by atoms with Crippen LogP contribution in [0.2, 0.25) is 0 Å². The standard InChI is InChI=1S/C42H49N7O6S/c1-27-28(2)41(51)46(4)24-35(27)31-20-37(53-5)36(38(21-31)54-6)25-47-13-15-48(16-14-47)26-39(50)44-10-17-55-33-7-8-34-29(3)49(12-9-30(34)19-33)42(52)32(23-43)22-40-45-11-18-56-40/h7-8,11,18-22,24,29H,9-10,12-17,25-26H2,1-6H3,(H,44,50)/b32-22+. The molecule has 1 fully saturated rings. The lowest BCUT2D eigenvalue weighted by Crippen LogP contribution is -2.49. The number of fused-ring (bicyclic) bond motifs is 1. The first-order valence-corrected chi connectivity index (χ1v) is 19.6. The number of hydrogen-bond donors (Lipinski definition) is 1. The Bertz CT molecular complexity index is 2180. The van der Waals surface area contributed by atoms with E-state index in [4.69, 9.17) is 14.2 Å². The zero-order valence-corrected chi connectivity index (χ0v) is 33.7. The van der Waals surface area contributed by atoms with Gasteiger partial charge < -0.3 is 29.0 Å². The van der Waals surface area contributed by atoms with E-state index < -0.39 is 0 Å². The van der Waals surface area contributed by atoms with Crippen molar-refractivity contribution in [3.63, 3.8) is 0 Å². The van der Waals surface area contributed by atoms with Crippen LogP contribution in [0.3, 0.4) is 0 Å². The van der Waals surface area contributed by atoms with Crippen molar-refractivity contribution in [2.24, 2.45) is 7.05 Å². The van der Waals surface area contributed by atoms with Crippen molar-refractivity contribution in [2.45, 2.75) is 39.8 Å². The number of benzene rings is 2. The summed E-state index contributed by atoms with van der Waals surface area (Å²) in [6, 6.07) is 11.7. The lowest BCUT2D eigenvalue weighted by molar-refractivity contribution is -0.129. The fourth-order valence-corrected chi connectivity index (χ4v) is 7.98. The Morgan fingerprint density at radius 1 is 1.04 bits per heavy atom. The summed E-state index contributed by atoms with van der Waals surface area (Å²) in [5, 5.41) is 15.1. The van der Waals surface area contributed by atoms with Crippen molar-refractivity contribution in [1.82, 2.24) is 29.6 Å². The zero-order valence-electron chi connectivity index (χ0n) is 32.9. The van der Waals surface area contributed by atoms with Crippen molar-refractivity contribution in [3.8, 4) is 34.4 Å². The zero-order chi connectivity index (χ0) is 39.9. The lowest BCUT2D eigenvalue weighted by atomic mass is 9.92. The van der Waals surface area contributed by atoms with Crippen molar-refractivity contribution in [2.75, 3.05) is 66.6 Å². The van der Waals surface area contributed by atoms with Crippen LogP contribution in [0.4, 0.5) is 0 Å². The summed E-state index contributed by atoms with van der Waals surface area (Å²) in [5.74, 6) is 1.82. The molecule has 2 aliphatic heterocycles. The van der Waals surface area contributed by atoms with Crippen LogP contribution in [-0.2, 0) is 29.6 Å². The van der Waals surface area contributed by atoms with Gasteiger partial charge >= 0.3 is 0 Å². The molecule has 2 aliphatic rings. The van der Waals surface area contributed by atoms with Crippen LogP contribution in [0.5, 0.6) is 17.2 Å². The highest BCUT2D eigenvalue weighted by Crippen LogP contribution is 2.37. The second kappa shape index (κ2) is 18.0. The van der Waals surface area contributed by atoms with Gasteiger partial charge in [0.05, 0.1) is 38.9 Å². The van der Waals surface area contributed by atoms with E-state index >= 15 is 0 Å². The highest BCUT2D eigenvalue weighted by molar-refractivity contribution is 7.10. The van der Waals surface area contributed by atoms with Gasteiger partial charge in [-0.3, -0.25) is 24.2 Å². The summed E-state index contributed by atoms with van der Waals surface area (Å²) in [6.07, 6.45) is 5.70. The largest absolute Gasteiger partial charge is 0.496 e. The first kappa shape index (κ1) is 40.2. The molecule has 2 amide bonds.